The summed E-state index contributed by atoms with van der Waals surface area (Å²) < 4.78 is 58.7. The molecule has 1 rings (SSSR count). The lowest BCUT2D eigenvalue weighted by Crippen LogP contribution is -2.12. The lowest BCUT2D eigenvalue weighted by Gasteiger charge is -2.09. The lowest BCUT2D eigenvalue weighted by molar-refractivity contribution is -0.137. The normalized spacial score (nSPS) is 14.8. The van der Waals surface area contributed by atoms with Gasteiger partial charge in [-0.05, 0) is 31.2 Å². The van der Waals surface area contributed by atoms with E-state index in [0.717, 1.165) is 24.3 Å². The maximum Gasteiger partial charge on any atom is 0.416 e. The Morgan fingerprint density at radius 2 is 1.62 bits per heavy atom. The van der Waals surface area contributed by atoms with Crippen molar-refractivity contribution in [3.8, 4) is 0 Å². The molecule has 16 heavy (non-hydrogen) atoms. The highest BCUT2D eigenvalue weighted by atomic mass is 32.2. The van der Waals surface area contributed by atoms with Gasteiger partial charge in [-0.15, -0.1) is 0 Å². The van der Waals surface area contributed by atoms with Crippen LogP contribution in [0.4, 0.5) is 13.2 Å². The van der Waals surface area contributed by atoms with Crippen molar-refractivity contribution in [2.75, 3.05) is 0 Å². The lowest BCUT2D eigenvalue weighted by atomic mass is 10.2. The van der Waals surface area contributed by atoms with Gasteiger partial charge >= 0.3 is 6.18 Å². The molecule has 0 bridgehead atoms. The topological polar surface area (TPSA) is 34.1 Å². The third kappa shape index (κ3) is 2.70. The first kappa shape index (κ1) is 13.4. The molecule has 1 aromatic rings. The predicted octanol–water partition coefficient (Wildman–Crippen LogP) is 2.75. The predicted molar refractivity (Wildman–Crippen MR) is 57.1 cm³/mol. The highest BCUT2D eigenvalue weighted by Gasteiger charge is 2.31. The Hall–Kier alpha value is -0.690. The second kappa shape index (κ2) is 4.29. The molecule has 1 aromatic carbocycles. The van der Waals surface area contributed by atoms with Crippen LogP contribution in [-0.2, 0) is 16.0 Å². The van der Waals surface area contributed by atoms with Gasteiger partial charge in [0.05, 0.1) is 10.5 Å². The van der Waals surface area contributed by atoms with E-state index >= 15 is 0 Å². The van der Waals surface area contributed by atoms with Gasteiger partial charge in [0, 0.05) is 0 Å². The Morgan fingerprint density at radius 3 is 1.94 bits per heavy atom. The van der Waals surface area contributed by atoms with Crippen molar-refractivity contribution >= 4 is 22.5 Å². The van der Waals surface area contributed by atoms with Gasteiger partial charge in [0.1, 0.15) is 4.58 Å². The van der Waals surface area contributed by atoms with Crippen LogP contribution in [0.25, 0.3) is 0 Å². The smallest absolute Gasteiger partial charge is 0.223 e. The molecule has 1 atom stereocenters. The van der Waals surface area contributed by atoms with Gasteiger partial charge in [-0.2, -0.15) is 25.8 Å². The number of hydrogen-bond acceptors (Lipinski definition) is 3. The molecule has 1 unspecified atom stereocenters. The van der Waals surface area contributed by atoms with E-state index in [1.807, 2.05) is 0 Å². The quantitative estimate of drug-likeness (QED) is 0.838. The van der Waals surface area contributed by atoms with Crippen molar-refractivity contribution in [3.63, 3.8) is 0 Å². The maximum atomic E-state index is 12.2. The standard InChI is InChI=1S/C9H9F3O2S2/c1-6(15)16(13,14)8-4-2-7(3-5-8)9(10,11)12/h2-6,15H,1H3. The summed E-state index contributed by atoms with van der Waals surface area (Å²) in [6.45, 7) is 1.34. The Labute approximate surface area is 96.8 Å². The number of rotatable bonds is 2. The zero-order chi connectivity index (χ0) is 12.6. The molecule has 0 aliphatic rings. The Bertz CT molecular complexity index is 461. The van der Waals surface area contributed by atoms with Crippen LogP contribution in [0.2, 0.25) is 0 Å². The molecule has 0 N–H and O–H groups in total. The van der Waals surface area contributed by atoms with E-state index in [2.05, 4.69) is 12.6 Å². The number of sulfone groups is 1. The van der Waals surface area contributed by atoms with E-state index in [-0.39, 0.29) is 4.90 Å². The average Bonchev–Trinajstić information content (AvgIpc) is 2.16. The molecule has 7 heteroatoms. The fourth-order valence-electron chi connectivity index (χ4n) is 1.03. The molecule has 0 aliphatic carbocycles. The minimum Gasteiger partial charge on any atom is -0.223 e. The molecule has 0 aromatic heterocycles. The van der Waals surface area contributed by atoms with E-state index in [1.165, 1.54) is 6.92 Å². The summed E-state index contributed by atoms with van der Waals surface area (Å²) in [6.07, 6.45) is -4.46. The first-order valence-electron chi connectivity index (χ1n) is 4.25. The largest absolute Gasteiger partial charge is 0.416 e. The molecule has 0 saturated heterocycles. The van der Waals surface area contributed by atoms with Crippen LogP contribution in [0.1, 0.15) is 12.5 Å². The Morgan fingerprint density at radius 1 is 1.19 bits per heavy atom. The van der Waals surface area contributed by atoms with E-state index in [1.54, 1.807) is 0 Å². The van der Waals surface area contributed by atoms with Crippen LogP contribution in [0.3, 0.4) is 0 Å². The van der Waals surface area contributed by atoms with Gasteiger partial charge in [0.15, 0.2) is 9.84 Å². The van der Waals surface area contributed by atoms with E-state index in [9.17, 15) is 21.6 Å². The Balaban J connectivity index is 3.15. The first-order valence-corrected chi connectivity index (χ1v) is 6.31. The summed E-state index contributed by atoms with van der Waals surface area (Å²) in [7, 11) is -3.64. The van der Waals surface area contributed by atoms with Gasteiger partial charge in [-0.1, -0.05) is 0 Å². The van der Waals surface area contributed by atoms with E-state index in [0.29, 0.717) is 0 Å². The SMILES string of the molecule is CC(S)S(=O)(=O)c1ccc(C(F)(F)F)cc1. The molecule has 0 heterocycles. The van der Waals surface area contributed by atoms with Crippen LogP contribution in [-0.4, -0.2) is 13.0 Å². The third-order valence-electron chi connectivity index (χ3n) is 1.96. The Kier molecular flexibility index (Phi) is 3.59. The van der Waals surface area contributed by atoms with Crippen LogP contribution in [0, 0.1) is 0 Å². The molecule has 0 saturated carbocycles. The number of halogens is 3. The van der Waals surface area contributed by atoms with Crippen LogP contribution in [0.5, 0.6) is 0 Å². The van der Waals surface area contributed by atoms with Crippen molar-refractivity contribution in [2.45, 2.75) is 22.6 Å². The molecular weight excluding hydrogens is 261 g/mol. The fraction of sp³-hybridized carbons (Fsp3) is 0.333. The minimum atomic E-state index is -4.46. The number of thiol groups is 1. The van der Waals surface area contributed by atoms with Crippen molar-refractivity contribution in [3.05, 3.63) is 29.8 Å². The number of benzene rings is 1. The zero-order valence-electron chi connectivity index (χ0n) is 8.19. The summed E-state index contributed by atoms with van der Waals surface area (Å²) in [5, 5.41) is 0. The van der Waals surface area contributed by atoms with Gasteiger partial charge in [-0.25, -0.2) is 8.42 Å². The van der Waals surface area contributed by atoms with Gasteiger partial charge in [0.2, 0.25) is 0 Å². The summed E-state index contributed by atoms with van der Waals surface area (Å²) >= 11 is 3.76. The second-order valence-corrected chi connectivity index (χ2v) is 6.56. The molecule has 0 aliphatic heterocycles. The van der Waals surface area contributed by atoms with Crippen molar-refractivity contribution < 1.29 is 21.6 Å². The molecule has 0 amide bonds. The summed E-state index contributed by atoms with van der Waals surface area (Å²) in [5.74, 6) is 0. The van der Waals surface area contributed by atoms with Crippen molar-refractivity contribution in [1.82, 2.24) is 0 Å². The van der Waals surface area contributed by atoms with Gasteiger partial charge in [-0.3, -0.25) is 0 Å². The molecule has 0 spiro atoms. The van der Waals surface area contributed by atoms with Crippen LogP contribution in [0.15, 0.2) is 29.2 Å². The van der Waals surface area contributed by atoms with E-state index < -0.39 is 26.2 Å². The molecule has 90 valence electrons. The summed E-state index contributed by atoms with van der Waals surface area (Å²) in [5.41, 5.74) is -0.877. The zero-order valence-corrected chi connectivity index (χ0v) is 9.90. The van der Waals surface area contributed by atoms with Crippen LogP contribution < -0.4 is 0 Å². The third-order valence-corrected chi connectivity index (χ3v) is 4.62. The minimum absolute atomic E-state index is 0.164. The highest BCUT2D eigenvalue weighted by Crippen LogP contribution is 2.30. The van der Waals surface area contributed by atoms with Gasteiger partial charge in [0.25, 0.3) is 0 Å². The molecule has 0 radical (unpaired) electrons. The first-order chi connectivity index (χ1) is 7.15. The van der Waals surface area contributed by atoms with Crippen LogP contribution >= 0.6 is 12.6 Å². The second-order valence-electron chi connectivity index (χ2n) is 3.17. The number of hydrogen-bond donors (Lipinski definition) is 1. The van der Waals surface area contributed by atoms with E-state index in [4.69, 9.17) is 0 Å². The summed E-state index contributed by atoms with van der Waals surface area (Å²) in [4.78, 5) is -0.164. The van der Waals surface area contributed by atoms with Gasteiger partial charge < -0.3 is 0 Å². The fourth-order valence-corrected chi connectivity index (χ4v) is 2.31. The molecular formula is C9H9F3O2S2. The highest BCUT2D eigenvalue weighted by molar-refractivity contribution is 8.04. The molecule has 2 nitrogen and oxygen atoms in total. The average molecular weight is 270 g/mol. The number of alkyl halides is 3. The van der Waals surface area contributed by atoms with Crippen molar-refractivity contribution in [2.24, 2.45) is 0 Å². The monoisotopic (exact) mass is 270 g/mol. The van der Waals surface area contributed by atoms with Crippen molar-refractivity contribution in [1.29, 1.82) is 0 Å². The molecule has 0 fully saturated rings. The summed E-state index contributed by atoms with van der Waals surface area (Å²) in [6, 6.07) is 3.35. The maximum absolute atomic E-state index is 12.2.